The van der Waals surface area contributed by atoms with Gasteiger partial charge in [-0.2, -0.15) is 13.2 Å². The molecule has 0 amide bonds. The van der Waals surface area contributed by atoms with Gasteiger partial charge < -0.3 is 0 Å². The smallest absolute Gasteiger partial charge is 0.297 e. The molecule has 1 fully saturated rings. The number of hydrogen-bond donors (Lipinski definition) is 1. The van der Waals surface area contributed by atoms with Crippen molar-refractivity contribution in [3.63, 3.8) is 0 Å². The van der Waals surface area contributed by atoms with Gasteiger partial charge in [-0.1, -0.05) is 6.07 Å². The van der Waals surface area contributed by atoms with Crippen LogP contribution in [0.3, 0.4) is 0 Å². The highest BCUT2D eigenvalue weighted by atomic mass is 19.4. The van der Waals surface area contributed by atoms with Crippen LogP contribution >= 0.6 is 0 Å². The van der Waals surface area contributed by atoms with Crippen molar-refractivity contribution in [2.45, 2.75) is 25.2 Å². The highest BCUT2D eigenvalue weighted by molar-refractivity contribution is 5.82. The molecule has 0 spiro atoms. The Bertz CT molecular complexity index is 845. The van der Waals surface area contributed by atoms with Crippen molar-refractivity contribution in [1.82, 2.24) is 14.5 Å². The summed E-state index contributed by atoms with van der Waals surface area (Å²) in [5.41, 5.74) is -2.54. The van der Waals surface area contributed by atoms with E-state index in [1.54, 1.807) is 0 Å². The first-order valence-corrected chi connectivity index (χ1v) is 6.87. The molecule has 0 aliphatic carbocycles. The van der Waals surface area contributed by atoms with Crippen molar-refractivity contribution in [2.24, 2.45) is 7.05 Å². The number of nitrogens with zero attached hydrogens (tertiary/aromatic N) is 2. The third kappa shape index (κ3) is 2.14. The molecule has 3 rings (SSSR count). The maximum atomic E-state index is 13.2. The minimum atomic E-state index is -4.66. The summed E-state index contributed by atoms with van der Waals surface area (Å²) < 4.78 is 41.5. The summed E-state index contributed by atoms with van der Waals surface area (Å²) in [6.45, 7) is 0.624. The number of benzene rings is 1. The predicted molar refractivity (Wildman–Crippen MR) is 74.7 cm³/mol. The molecule has 1 aliphatic heterocycles. The fourth-order valence-corrected chi connectivity index (χ4v) is 2.91. The molecular weight excluding hydrogens is 299 g/mol. The average Bonchev–Trinajstić information content (AvgIpc) is 2.97. The van der Waals surface area contributed by atoms with Gasteiger partial charge in [-0.05, 0) is 31.5 Å². The lowest BCUT2D eigenvalue weighted by molar-refractivity contribution is -0.136. The largest absolute Gasteiger partial charge is 0.417 e. The van der Waals surface area contributed by atoms with E-state index in [0.717, 1.165) is 21.6 Å². The molecule has 1 aromatic heterocycles. The molecule has 2 heterocycles. The van der Waals surface area contributed by atoms with E-state index in [1.165, 1.54) is 19.2 Å². The Kier molecular flexibility index (Phi) is 3.36. The lowest BCUT2D eigenvalue weighted by atomic mass is 10.1. The molecule has 1 atom stereocenters. The topological polar surface area (TPSA) is 56.0 Å². The fourth-order valence-electron chi connectivity index (χ4n) is 2.91. The number of alkyl halides is 3. The van der Waals surface area contributed by atoms with Gasteiger partial charge in [0.25, 0.3) is 5.56 Å². The van der Waals surface area contributed by atoms with E-state index in [9.17, 15) is 22.8 Å². The SMILES string of the molecule is Cn1c(=O)n(C2CCCN2)c(=O)c2c(C(F)(F)F)cccc21. The number of aryl methyl sites for hydroxylation is 1. The summed E-state index contributed by atoms with van der Waals surface area (Å²) >= 11 is 0. The second kappa shape index (κ2) is 4.98. The Morgan fingerprint density at radius 3 is 2.59 bits per heavy atom. The first kappa shape index (κ1) is 14.8. The van der Waals surface area contributed by atoms with Crippen LogP contribution in [0.2, 0.25) is 0 Å². The number of hydrogen-bond acceptors (Lipinski definition) is 3. The van der Waals surface area contributed by atoms with Gasteiger partial charge in [-0.25, -0.2) is 9.36 Å². The van der Waals surface area contributed by atoms with Crippen LogP contribution in [0.5, 0.6) is 0 Å². The Balaban J connectivity index is 2.45. The summed E-state index contributed by atoms with van der Waals surface area (Å²) in [4.78, 5) is 24.9. The van der Waals surface area contributed by atoms with Crippen LogP contribution in [0.15, 0.2) is 27.8 Å². The van der Waals surface area contributed by atoms with Crippen molar-refractivity contribution >= 4 is 10.9 Å². The Morgan fingerprint density at radius 1 is 1.27 bits per heavy atom. The summed E-state index contributed by atoms with van der Waals surface area (Å²) in [6.07, 6.45) is -3.91. The maximum Gasteiger partial charge on any atom is 0.417 e. The van der Waals surface area contributed by atoms with E-state index in [2.05, 4.69) is 5.32 Å². The third-order valence-corrected chi connectivity index (χ3v) is 3.98. The first-order valence-electron chi connectivity index (χ1n) is 6.87. The minimum absolute atomic E-state index is 0.0147. The van der Waals surface area contributed by atoms with Gasteiger partial charge in [-0.15, -0.1) is 0 Å². The summed E-state index contributed by atoms with van der Waals surface area (Å²) in [6, 6.07) is 3.41. The second-order valence-corrected chi connectivity index (χ2v) is 5.33. The number of aromatic nitrogens is 2. The molecule has 5 nitrogen and oxygen atoms in total. The van der Waals surface area contributed by atoms with E-state index in [4.69, 9.17) is 0 Å². The van der Waals surface area contributed by atoms with E-state index < -0.39 is 34.5 Å². The third-order valence-electron chi connectivity index (χ3n) is 3.98. The molecule has 0 radical (unpaired) electrons. The van der Waals surface area contributed by atoms with Crippen molar-refractivity contribution in [2.75, 3.05) is 6.54 Å². The summed E-state index contributed by atoms with van der Waals surface area (Å²) in [5.74, 6) is 0. The van der Waals surface area contributed by atoms with Gasteiger partial charge in [0, 0.05) is 7.05 Å². The van der Waals surface area contributed by atoms with Crippen LogP contribution in [0.4, 0.5) is 13.2 Å². The zero-order valence-electron chi connectivity index (χ0n) is 11.8. The molecule has 1 aliphatic rings. The predicted octanol–water partition coefficient (Wildman–Crippen LogP) is 1.60. The van der Waals surface area contributed by atoms with E-state index >= 15 is 0 Å². The highest BCUT2D eigenvalue weighted by Gasteiger charge is 2.35. The zero-order valence-corrected chi connectivity index (χ0v) is 11.8. The van der Waals surface area contributed by atoms with E-state index in [0.29, 0.717) is 13.0 Å². The van der Waals surface area contributed by atoms with Crippen LogP contribution in [-0.2, 0) is 13.2 Å². The van der Waals surface area contributed by atoms with Crippen LogP contribution in [0.1, 0.15) is 24.6 Å². The molecule has 1 aromatic carbocycles. The van der Waals surface area contributed by atoms with Crippen LogP contribution < -0.4 is 16.6 Å². The average molecular weight is 313 g/mol. The highest BCUT2D eigenvalue weighted by Crippen LogP contribution is 2.33. The Hall–Kier alpha value is -2.09. The standard InChI is InChI=1S/C14H14F3N3O2/c1-19-9-5-2-4-8(14(15,16)17)11(9)12(21)20(13(19)22)10-6-3-7-18-10/h2,4-5,10,18H,3,6-7H2,1H3. The lowest BCUT2D eigenvalue weighted by Crippen LogP contribution is -2.44. The van der Waals surface area contributed by atoms with Gasteiger partial charge in [0.05, 0.1) is 22.6 Å². The monoisotopic (exact) mass is 313 g/mol. The second-order valence-electron chi connectivity index (χ2n) is 5.33. The Labute approximate surface area is 123 Å². The molecule has 118 valence electrons. The zero-order chi connectivity index (χ0) is 16.1. The molecule has 2 aromatic rings. The van der Waals surface area contributed by atoms with Gasteiger partial charge in [-0.3, -0.25) is 14.7 Å². The van der Waals surface area contributed by atoms with E-state index in [1.807, 2.05) is 0 Å². The number of rotatable bonds is 1. The van der Waals surface area contributed by atoms with Gasteiger partial charge >= 0.3 is 11.9 Å². The number of nitrogens with one attached hydrogen (secondary N) is 1. The maximum absolute atomic E-state index is 13.2. The number of fused-ring (bicyclic) bond motifs is 1. The number of halogens is 3. The van der Waals surface area contributed by atoms with Crippen molar-refractivity contribution in [3.05, 3.63) is 44.6 Å². The summed E-state index contributed by atoms with van der Waals surface area (Å²) in [7, 11) is 1.37. The van der Waals surface area contributed by atoms with Gasteiger partial charge in [0.1, 0.15) is 0 Å². The van der Waals surface area contributed by atoms with E-state index in [-0.39, 0.29) is 5.52 Å². The fraction of sp³-hybridized carbons (Fsp3) is 0.429. The van der Waals surface area contributed by atoms with Crippen molar-refractivity contribution in [1.29, 1.82) is 0 Å². The molecule has 1 N–H and O–H groups in total. The van der Waals surface area contributed by atoms with Gasteiger partial charge in [0.2, 0.25) is 0 Å². The summed E-state index contributed by atoms with van der Waals surface area (Å²) in [5, 5.41) is 2.51. The van der Waals surface area contributed by atoms with Gasteiger partial charge in [0.15, 0.2) is 0 Å². The molecule has 0 saturated carbocycles. The van der Waals surface area contributed by atoms with Crippen molar-refractivity contribution < 1.29 is 13.2 Å². The van der Waals surface area contributed by atoms with Crippen LogP contribution in [0, 0.1) is 0 Å². The molecule has 1 unspecified atom stereocenters. The molecule has 1 saturated heterocycles. The Morgan fingerprint density at radius 2 is 2.00 bits per heavy atom. The van der Waals surface area contributed by atoms with Crippen LogP contribution in [-0.4, -0.2) is 15.7 Å². The first-order chi connectivity index (χ1) is 10.3. The van der Waals surface area contributed by atoms with Crippen molar-refractivity contribution in [3.8, 4) is 0 Å². The molecular formula is C14H14F3N3O2. The van der Waals surface area contributed by atoms with Crippen LogP contribution in [0.25, 0.3) is 10.9 Å². The normalized spacial score (nSPS) is 19.0. The minimum Gasteiger partial charge on any atom is -0.297 e. The molecule has 8 heteroatoms. The molecule has 22 heavy (non-hydrogen) atoms. The molecule has 0 bridgehead atoms. The quantitative estimate of drug-likeness (QED) is 0.870. The lowest BCUT2D eigenvalue weighted by Gasteiger charge is -2.18.